The Kier molecular flexibility index (Phi) is 3.17. The smallest absolute Gasteiger partial charge is 0.247 e. The molecular formula is C11H15N3O2. The fourth-order valence-corrected chi connectivity index (χ4v) is 2.29. The van der Waals surface area contributed by atoms with Gasteiger partial charge in [0.2, 0.25) is 6.04 Å². The lowest BCUT2D eigenvalue weighted by molar-refractivity contribution is -0.533. The van der Waals surface area contributed by atoms with E-state index in [1.807, 2.05) is 30.3 Å². The minimum Gasteiger partial charge on any atom is -0.310 e. The van der Waals surface area contributed by atoms with Crippen molar-refractivity contribution >= 4 is 0 Å². The summed E-state index contributed by atoms with van der Waals surface area (Å²) in [6.07, 6.45) is 0.192. The highest BCUT2D eigenvalue weighted by atomic mass is 16.6. The Balaban J connectivity index is 2.27. The van der Waals surface area contributed by atoms with Crippen LogP contribution in [0, 0.1) is 10.1 Å². The fourth-order valence-electron chi connectivity index (χ4n) is 2.29. The average molecular weight is 221 g/mol. The van der Waals surface area contributed by atoms with E-state index in [-0.39, 0.29) is 10.8 Å². The Morgan fingerprint density at radius 3 is 2.69 bits per heavy atom. The van der Waals surface area contributed by atoms with Crippen LogP contribution in [0.1, 0.15) is 17.9 Å². The topological polar surface area (TPSA) is 81.2 Å². The fraction of sp³-hybridized carbons (Fsp3) is 0.455. The third kappa shape index (κ3) is 2.05. The van der Waals surface area contributed by atoms with E-state index in [1.54, 1.807) is 0 Å². The number of nitro groups is 1. The van der Waals surface area contributed by atoms with Gasteiger partial charge in [0.15, 0.2) is 0 Å². The minimum atomic E-state index is -0.740. The molecule has 3 unspecified atom stereocenters. The second-order valence-corrected chi connectivity index (χ2v) is 4.06. The summed E-state index contributed by atoms with van der Waals surface area (Å²) >= 11 is 0. The van der Waals surface area contributed by atoms with Crippen molar-refractivity contribution in [2.75, 3.05) is 6.54 Å². The molecule has 0 spiro atoms. The number of hydrogen-bond donors (Lipinski definition) is 2. The van der Waals surface area contributed by atoms with E-state index < -0.39 is 12.2 Å². The first kappa shape index (κ1) is 11.0. The summed E-state index contributed by atoms with van der Waals surface area (Å²) in [5.74, 6) is -0.0903. The maximum atomic E-state index is 11.0. The molecule has 16 heavy (non-hydrogen) atoms. The van der Waals surface area contributed by atoms with Gasteiger partial charge < -0.3 is 5.73 Å². The van der Waals surface area contributed by atoms with Crippen LogP contribution in [0.15, 0.2) is 30.3 Å². The molecule has 5 nitrogen and oxygen atoms in total. The summed E-state index contributed by atoms with van der Waals surface area (Å²) in [6, 6.07) is 8.83. The van der Waals surface area contributed by atoms with E-state index >= 15 is 0 Å². The zero-order chi connectivity index (χ0) is 11.5. The van der Waals surface area contributed by atoms with Crippen LogP contribution in [0.5, 0.6) is 0 Å². The molecule has 86 valence electrons. The Hall–Kier alpha value is -1.46. The van der Waals surface area contributed by atoms with Crippen molar-refractivity contribution in [3.8, 4) is 0 Å². The van der Waals surface area contributed by atoms with Gasteiger partial charge in [-0.15, -0.1) is 0 Å². The first-order valence-electron chi connectivity index (χ1n) is 5.37. The molecule has 0 aliphatic carbocycles. The molecule has 1 aromatic rings. The normalized spacial score (nSPS) is 29.9. The molecule has 0 bridgehead atoms. The van der Waals surface area contributed by atoms with E-state index in [4.69, 9.17) is 5.73 Å². The van der Waals surface area contributed by atoms with Gasteiger partial charge in [0, 0.05) is 4.92 Å². The predicted molar refractivity (Wildman–Crippen MR) is 60.6 cm³/mol. The molecule has 0 amide bonds. The Morgan fingerprint density at radius 1 is 1.38 bits per heavy atom. The van der Waals surface area contributed by atoms with E-state index in [1.165, 1.54) is 0 Å². The predicted octanol–water partition coefficient (Wildman–Crippen LogP) is 0.694. The second kappa shape index (κ2) is 4.59. The molecule has 3 atom stereocenters. The number of nitrogens with two attached hydrogens (primary N) is 1. The van der Waals surface area contributed by atoms with Crippen molar-refractivity contribution in [3.05, 3.63) is 46.0 Å². The lowest BCUT2D eigenvalue weighted by Gasteiger charge is -2.31. The van der Waals surface area contributed by atoms with Gasteiger partial charge >= 0.3 is 0 Å². The molecule has 2 rings (SSSR count). The van der Waals surface area contributed by atoms with Gasteiger partial charge in [-0.3, -0.25) is 15.4 Å². The highest BCUT2D eigenvalue weighted by Crippen LogP contribution is 2.28. The molecule has 1 heterocycles. The Morgan fingerprint density at radius 2 is 2.06 bits per heavy atom. The molecule has 1 aliphatic heterocycles. The molecule has 0 saturated carbocycles. The molecule has 0 radical (unpaired) electrons. The van der Waals surface area contributed by atoms with Crippen LogP contribution in [0.3, 0.4) is 0 Å². The van der Waals surface area contributed by atoms with Gasteiger partial charge in [0.05, 0.1) is 5.92 Å². The van der Waals surface area contributed by atoms with Crippen molar-refractivity contribution in [1.82, 2.24) is 5.32 Å². The van der Waals surface area contributed by atoms with Crippen LogP contribution in [-0.2, 0) is 0 Å². The number of rotatable bonds is 2. The van der Waals surface area contributed by atoms with Gasteiger partial charge in [0.25, 0.3) is 0 Å². The van der Waals surface area contributed by atoms with Crippen LogP contribution < -0.4 is 11.1 Å². The minimum absolute atomic E-state index is 0.0903. The van der Waals surface area contributed by atoms with Crippen molar-refractivity contribution < 1.29 is 4.92 Å². The van der Waals surface area contributed by atoms with Crippen molar-refractivity contribution in [2.45, 2.75) is 24.5 Å². The lowest BCUT2D eigenvalue weighted by Crippen LogP contribution is -2.57. The first-order valence-corrected chi connectivity index (χ1v) is 5.37. The van der Waals surface area contributed by atoms with E-state index in [0.29, 0.717) is 0 Å². The van der Waals surface area contributed by atoms with Crippen molar-refractivity contribution in [2.24, 2.45) is 5.73 Å². The van der Waals surface area contributed by atoms with E-state index in [0.717, 1.165) is 18.5 Å². The Labute approximate surface area is 93.8 Å². The zero-order valence-electron chi connectivity index (χ0n) is 8.87. The van der Waals surface area contributed by atoms with Crippen LogP contribution in [-0.4, -0.2) is 23.7 Å². The number of nitrogens with zero attached hydrogens (tertiary/aromatic N) is 1. The number of benzene rings is 1. The second-order valence-electron chi connectivity index (χ2n) is 4.06. The van der Waals surface area contributed by atoms with Gasteiger partial charge in [0.1, 0.15) is 6.17 Å². The number of piperidine rings is 1. The summed E-state index contributed by atoms with van der Waals surface area (Å²) in [4.78, 5) is 10.8. The largest absolute Gasteiger partial charge is 0.310 e. The van der Waals surface area contributed by atoms with Gasteiger partial charge in [-0.1, -0.05) is 30.3 Å². The third-order valence-corrected chi connectivity index (χ3v) is 3.09. The summed E-state index contributed by atoms with van der Waals surface area (Å²) in [7, 11) is 0. The lowest BCUT2D eigenvalue weighted by atomic mass is 9.85. The molecule has 3 N–H and O–H groups in total. The molecule has 1 saturated heterocycles. The van der Waals surface area contributed by atoms with Crippen LogP contribution in [0.25, 0.3) is 0 Å². The molecule has 5 heteroatoms. The van der Waals surface area contributed by atoms with Crippen molar-refractivity contribution in [3.63, 3.8) is 0 Å². The standard InChI is InChI=1S/C11H15N3O2/c12-11-10(14(15)16)9(6-7-13-11)8-4-2-1-3-5-8/h1-5,9-11,13H,6-7,12H2. The average Bonchev–Trinajstić information content (AvgIpc) is 2.29. The SMILES string of the molecule is NC1NCCC(c2ccccc2)C1[N+](=O)[O-]. The summed E-state index contributed by atoms with van der Waals surface area (Å²) < 4.78 is 0. The maximum Gasteiger partial charge on any atom is 0.247 e. The van der Waals surface area contributed by atoms with E-state index in [2.05, 4.69) is 5.32 Å². The molecule has 0 aromatic heterocycles. The highest BCUT2D eigenvalue weighted by Gasteiger charge is 2.40. The van der Waals surface area contributed by atoms with Crippen LogP contribution in [0.2, 0.25) is 0 Å². The number of nitrogens with one attached hydrogen (secondary N) is 1. The maximum absolute atomic E-state index is 11.0. The third-order valence-electron chi connectivity index (χ3n) is 3.09. The van der Waals surface area contributed by atoms with Crippen LogP contribution >= 0.6 is 0 Å². The highest BCUT2D eigenvalue weighted by molar-refractivity contribution is 5.22. The monoisotopic (exact) mass is 221 g/mol. The van der Waals surface area contributed by atoms with Gasteiger partial charge in [-0.25, -0.2) is 0 Å². The Bertz CT molecular complexity index is 369. The number of hydrogen-bond acceptors (Lipinski definition) is 4. The molecule has 1 aromatic carbocycles. The zero-order valence-corrected chi connectivity index (χ0v) is 8.87. The first-order chi connectivity index (χ1) is 7.70. The quantitative estimate of drug-likeness (QED) is 0.568. The summed E-state index contributed by atoms with van der Waals surface area (Å²) in [6.45, 7) is 0.727. The van der Waals surface area contributed by atoms with Gasteiger partial charge in [-0.05, 0) is 18.5 Å². The summed E-state index contributed by atoms with van der Waals surface area (Å²) in [5.41, 5.74) is 6.76. The molecule has 1 fully saturated rings. The molecular weight excluding hydrogens is 206 g/mol. The summed E-state index contributed by atoms with van der Waals surface area (Å²) in [5, 5.41) is 14.0. The van der Waals surface area contributed by atoms with Crippen molar-refractivity contribution in [1.29, 1.82) is 0 Å². The molecule has 1 aliphatic rings. The van der Waals surface area contributed by atoms with Crippen LogP contribution in [0.4, 0.5) is 0 Å². The van der Waals surface area contributed by atoms with Gasteiger partial charge in [-0.2, -0.15) is 0 Å². The van der Waals surface area contributed by atoms with E-state index in [9.17, 15) is 10.1 Å².